The first-order chi connectivity index (χ1) is 2.89. The van der Waals surface area contributed by atoms with Crippen molar-refractivity contribution in [3.63, 3.8) is 0 Å². The summed E-state index contributed by atoms with van der Waals surface area (Å²) >= 11 is 0. The molecule has 1 aliphatic heterocycles. The molecule has 1 rings (SSSR count). The Bertz CT molecular complexity index is 41.3. The molecule has 1 saturated heterocycles. The lowest BCUT2D eigenvalue weighted by Crippen LogP contribution is -2.06. The molecule has 0 aromatic rings. The second kappa shape index (κ2) is 3.28. The van der Waals surface area contributed by atoms with Crippen LogP contribution in [0.1, 0.15) is 13.3 Å². The van der Waals surface area contributed by atoms with Crippen molar-refractivity contribution >= 4 is 12.4 Å². The van der Waals surface area contributed by atoms with Crippen LogP contribution in [0.15, 0.2) is 0 Å². The predicted octanol–water partition coefficient (Wildman–Crippen LogP) is 1.04. The van der Waals surface area contributed by atoms with E-state index in [0.717, 1.165) is 5.92 Å². The van der Waals surface area contributed by atoms with Gasteiger partial charge in [0.2, 0.25) is 0 Å². The van der Waals surface area contributed by atoms with E-state index in [4.69, 9.17) is 0 Å². The van der Waals surface area contributed by atoms with Gasteiger partial charge < -0.3 is 5.32 Å². The summed E-state index contributed by atoms with van der Waals surface area (Å²) in [7, 11) is 0. The molecule has 7 heavy (non-hydrogen) atoms. The average Bonchev–Trinajstić information content (AvgIpc) is 1.86. The number of halogens is 1. The molecule has 0 aromatic heterocycles. The predicted molar refractivity (Wildman–Crippen MR) is 33.9 cm³/mol. The van der Waals surface area contributed by atoms with E-state index in [-0.39, 0.29) is 12.4 Å². The molecule has 1 N–H and O–H groups in total. The number of rotatable bonds is 0. The Morgan fingerprint density at radius 1 is 1.57 bits per heavy atom. The molecule has 1 heterocycles. The molecule has 1 atom stereocenters. The van der Waals surface area contributed by atoms with Crippen molar-refractivity contribution in [2.45, 2.75) is 13.3 Å². The van der Waals surface area contributed by atoms with E-state index >= 15 is 0 Å². The second-order valence-electron chi connectivity index (χ2n) is 2.10. The van der Waals surface area contributed by atoms with Gasteiger partial charge in [-0.25, -0.2) is 0 Å². The van der Waals surface area contributed by atoms with E-state index in [0.29, 0.717) is 0 Å². The summed E-state index contributed by atoms with van der Waals surface area (Å²) in [6.45, 7) is 4.75. The molecule has 0 unspecified atom stereocenters. The summed E-state index contributed by atoms with van der Waals surface area (Å²) in [6, 6.07) is 0. The lowest BCUT2D eigenvalue weighted by atomic mass is 10.2. The smallest absolute Gasteiger partial charge is 0.00227 e. The van der Waals surface area contributed by atoms with Crippen molar-refractivity contribution in [2.24, 2.45) is 5.92 Å². The van der Waals surface area contributed by atoms with Gasteiger partial charge >= 0.3 is 0 Å². The van der Waals surface area contributed by atoms with Crippen molar-refractivity contribution in [1.82, 2.24) is 5.32 Å². The minimum atomic E-state index is 0. The largest absolute Gasteiger partial charge is 0.316 e. The molecule has 0 aromatic carbocycles. The van der Waals surface area contributed by atoms with Gasteiger partial charge in [-0.15, -0.1) is 12.4 Å². The van der Waals surface area contributed by atoms with Crippen molar-refractivity contribution in [1.29, 1.82) is 0 Å². The second-order valence-corrected chi connectivity index (χ2v) is 2.10. The molecule has 0 saturated carbocycles. The molecule has 2 heteroatoms. The van der Waals surface area contributed by atoms with Gasteiger partial charge in [0, 0.05) is 0 Å². The van der Waals surface area contributed by atoms with Gasteiger partial charge in [0.05, 0.1) is 0 Å². The fourth-order valence-electron chi connectivity index (χ4n) is 0.799. The zero-order chi connectivity index (χ0) is 4.41. The fourth-order valence-corrected chi connectivity index (χ4v) is 0.799. The van der Waals surface area contributed by atoms with Crippen LogP contribution in [0.4, 0.5) is 0 Å². The maximum Gasteiger partial charge on any atom is -0.00227 e. The summed E-state index contributed by atoms with van der Waals surface area (Å²) in [6.07, 6.45) is 1.38. The summed E-state index contributed by atoms with van der Waals surface area (Å²) in [5.41, 5.74) is 0. The highest BCUT2D eigenvalue weighted by molar-refractivity contribution is 5.85. The number of nitrogens with one attached hydrogen (secondary N) is 1. The Kier molecular flexibility index (Phi) is 3.39. The molecule has 0 aliphatic carbocycles. The monoisotopic (exact) mass is 121 g/mol. The molecule has 0 bridgehead atoms. The highest BCUT2D eigenvalue weighted by Crippen LogP contribution is 2.03. The van der Waals surface area contributed by atoms with Crippen LogP contribution in [-0.2, 0) is 0 Å². The quantitative estimate of drug-likeness (QED) is 0.505. The van der Waals surface area contributed by atoms with Crippen LogP contribution in [-0.4, -0.2) is 13.1 Å². The van der Waals surface area contributed by atoms with Crippen LogP contribution in [0.5, 0.6) is 0 Å². The summed E-state index contributed by atoms with van der Waals surface area (Å²) < 4.78 is 0. The molecule has 44 valence electrons. The molecule has 1 fully saturated rings. The van der Waals surface area contributed by atoms with Crippen LogP contribution < -0.4 is 5.32 Å². The van der Waals surface area contributed by atoms with Crippen LogP contribution in [0.25, 0.3) is 0 Å². The van der Waals surface area contributed by atoms with E-state index < -0.39 is 0 Å². The van der Waals surface area contributed by atoms with Crippen LogP contribution in [0, 0.1) is 5.92 Å². The van der Waals surface area contributed by atoms with Gasteiger partial charge in [-0.3, -0.25) is 0 Å². The lowest BCUT2D eigenvalue weighted by Gasteiger charge is -1.90. The maximum absolute atomic E-state index is 3.27. The van der Waals surface area contributed by atoms with Gasteiger partial charge in [0.25, 0.3) is 0 Å². The third kappa shape index (κ3) is 2.15. The Balaban J connectivity index is 0.000000360. The van der Waals surface area contributed by atoms with Gasteiger partial charge in [0.1, 0.15) is 0 Å². The van der Waals surface area contributed by atoms with Crippen LogP contribution in [0.3, 0.4) is 0 Å². The third-order valence-corrected chi connectivity index (χ3v) is 1.31. The van der Waals surface area contributed by atoms with Crippen molar-refractivity contribution in [3.8, 4) is 0 Å². The topological polar surface area (TPSA) is 12.0 Å². The molecule has 1 aliphatic rings. The first-order valence-corrected chi connectivity index (χ1v) is 2.60. The van der Waals surface area contributed by atoms with E-state index in [1.54, 1.807) is 0 Å². The van der Waals surface area contributed by atoms with Gasteiger partial charge in [0.15, 0.2) is 0 Å². The molecule has 0 radical (unpaired) electrons. The summed E-state index contributed by atoms with van der Waals surface area (Å²) in [4.78, 5) is 0. The zero-order valence-corrected chi connectivity index (χ0v) is 5.42. The average molecular weight is 122 g/mol. The standard InChI is InChI=1S/C5H11N.ClH/c1-5-2-3-6-4-5;/h5-6H,2-4H2,1H3;1H/t5-;/m0./s1. The van der Waals surface area contributed by atoms with E-state index in [1.807, 2.05) is 0 Å². The summed E-state index contributed by atoms with van der Waals surface area (Å²) in [5, 5.41) is 3.27. The van der Waals surface area contributed by atoms with Crippen LogP contribution in [0.2, 0.25) is 0 Å². The molecule has 1 nitrogen and oxygen atoms in total. The highest BCUT2D eigenvalue weighted by atomic mass is 35.5. The first-order valence-electron chi connectivity index (χ1n) is 2.60. The van der Waals surface area contributed by atoms with E-state index in [1.165, 1.54) is 19.5 Å². The van der Waals surface area contributed by atoms with Gasteiger partial charge in [-0.2, -0.15) is 0 Å². The van der Waals surface area contributed by atoms with Crippen LogP contribution >= 0.6 is 12.4 Å². The minimum Gasteiger partial charge on any atom is -0.316 e. The van der Waals surface area contributed by atoms with Crippen molar-refractivity contribution in [3.05, 3.63) is 0 Å². The molecular formula is C5H12ClN. The first kappa shape index (κ1) is 7.25. The Labute approximate surface area is 50.9 Å². The number of hydrogen-bond donors (Lipinski definition) is 1. The van der Waals surface area contributed by atoms with Crippen molar-refractivity contribution in [2.75, 3.05) is 13.1 Å². The highest BCUT2D eigenvalue weighted by Gasteiger charge is 2.06. The maximum atomic E-state index is 3.27. The third-order valence-electron chi connectivity index (χ3n) is 1.31. The van der Waals surface area contributed by atoms with Gasteiger partial charge in [-0.1, -0.05) is 6.92 Å². The minimum absolute atomic E-state index is 0. The Morgan fingerprint density at radius 2 is 2.29 bits per heavy atom. The fraction of sp³-hybridized carbons (Fsp3) is 1.00. The number of hydrogen-bond acceptors (Lipinski definition) is 1. The Hall–Kier alpha value is 0.250. The Morgan fingerprint density at radius 3 is 2.43 bits per heavy atom. The molecule has 0 spiro atoms. The van der Waals surface area contributed by atoms with Gasteiger partial charge in [-0.05, 0) is 25.4 Å². The van der Waals surface area contributed by atoms with E-state index in [9.17, 15) is 0 Å². The zero-order valence-electron chi connectivity index (χ0n) is 4.61. The van der Waals surface area contributed by atoms with Crippen molar-refractivity contribution < 1.29 is 0 Å². The normalized spacial score (nSPS) is 29.6. The SMILES string of the molecule is C[C@H]1CCNC1.Cl. The summed E-state index contributed by atoms with van der Waals surface area (Å²) in [5.74, 6) is 0.935. The molecule has 0 amide bonds. The van der Waals surface area contributed by atoms with E-state index in [2.05, 4.69) is 12.2 Å². The molecular weight excluding hydrogens is 110 g/mol. The lowest BCUT2D eigenvalue weighted by molar-refractivity contribution is 0.651.